The van der Waals surface area contributed by atoms with Gasteiger partial charge in [0.25, 0.3) is 0 Å². The van der Waals surface area contributed by atoms with Gasteiger partial charge in [-0.3, -0.25) is 4.79 Å². The molecule has 0 spiro atoms. The van der Waals surface area contributed by atoms with Gasteiger partial charge in [-0.15, -0.1) is 0 Å². The lowest BCUT2D eigenvalue weighted by atomic mass is 10.1. The summed E-state index contributed by atoms with van der Waals surface area (Å²) in [4.78, 5) is 18.7. The van der Waals surface area contributed by atoms with E-state index in [4.69, 9.17) is 0 Å². The second-order valence-electron chi connectivity index (χ2n) is 6.15. The van der Waals surface area contributed by atoms with E-state index in [0.717, 1.165) is 24.3 Å². The maximum atomic E-state index is 12.9. The number of anilines is 2. The number of amides is 1. The highest BCUT2D eigenvalue weighted by molar-refractivity contribution is 5.91. The number of pyridine rings is 1. The van der Waals surface area contributed by atoms with E-state index >= 15 is 0 Å². The van der Waals surface area contributed by atoms with Gasteiger partial charge >= 0.3 is 0 Å². The van der Waals surface area contributed by atoms with Gasteiger partial charge in [0.05, 0.1) is 18.3 Å². The van der Waals surface area contributed by atoms with Crippen LogP contribution < -0.4 is 10.2 Å². The SMILES string of the molecule is O=C(Cc1ccc(F)cc1)Nc1ccc(N2CCCCCC2)cn1. The summed E-state index contributed by atoms with van der Waals surface area (Å²) in [6, 6.07) is 9.79. The topological polar surface area (TPSA) is 45.2 Å². The Hall–Kier alpha value is -2.43. The quantitative estimate of drug-likeness (QED) is 0.929. The minimum Gasteiger partial charge on any atom is -0.370 e. The smallest absolute Gasteiger partial charge is 0.229 e. The first-order chi connectivity index (χ1) is 11.7. The average Bonchev–Trinajstić information content (AvgIpc) is 2.87. The van der Waals surface area contributed by atoms with Gasteiger partial charge in [-0.1, -0.05) is 25.0 Å². The van der Waals surface area contributed by atoms with E-state index in [0.29, 0.717) is 5.82 Å². The number of hydrogen-bond acceptors (Lipinski definition) is 3. The van der Waals surface area contributed by atoms with Crippen molar-refractivity contribution in [3.05, 3.63) is 54.0 Å². The first-order valence-electron chi connectivity index (χ1n) is 8.46. The Kier molecular flexibility index (Phi) is 5.41. The third-order valence-corrected chi connectivity index (χ3v) is 4.26. The molecule has 1 aliphatic rings. The van der Waals surface area contributed by atoms with Crippen LogP contribution in [-0.4, -0.2) is 24.0 Å². The Morgan fingerprint density at radius 3 is 2.38 bits per heavy atom. The molecule has 1 aromatic carbocycles. The second-order valence-corrected chi connectivity index (χ2v) is 6.15. The van der Waals surface area contributed by atoms with Crippen molar-refractivity contribution in [2.75, 3.05) is 23.3 Å². The van der Waals surface area contributed by atoms with Crippen molar-refractivity contribution in [3.63, 3.8) is 0 Å². The number of halogens is 1. The zero-order chi connectivity index (χ0) is 16.8. The lowest BCUT2D eigenvalue weighted by molar-refractivity contribution is -0.115. The predicted molar refractivity (Wildman–Crippen MR) is 93.7 cm³/mol. The number of hydrogen-bond donors (Lipinski definition) is 1. The van der Waals surface area contributed by atoms with Crippen LogP contribution in [0, 0.1) is 5.82 Å². The lowest BCUT2D eigenvalue weighted by Gasteiger charge is -2.22. The number of benzene rings is 1. The third kappa shape index (κ3) is 4.54. The molecular weight excluding hydrogens is 305 g/mol. The van der Waals surface area contributed by atoms with Gasteiger partial charge in [-0.05, 0) is 42.7 Å². The summed E-state index contributed by atoms with van der Waals surface area (Å²) in [7, 11) is 0. The molecule has 1 fully saturated rings. The molecule has 3 rings (SSSR count). The van der Waals surface area contributed by atoms with Crippen LogP contribution in [0.5, 0.6) is 0 Å². The van der Waals surface area contributed by atoms with Crippen LogP contribution in [0.4, 0.5) is 15.9 Å². The van der Waals surface area contributed by atoms with Gasteiger partial charge in [-0.25, -0.2) is 9.37 Å². The summed E-state index contributed by atoms with van der Waals surface area (Å²) >= 11 is 0. The monoisotopic (exact) mass is 327 g/mol. The Bertz CT molecular complexity index is 662. The summed E-state index contributed by atoms with van der Waals surface area (Å²) in [6.07, 6.45) is 7.05. The first-order valence-corrected chi connectivity index (χ1v) is 8.46. The predicted octanol–water partition coefficient (Wildman–Crippen LogP) is 3.78. The Balaban J connectivity index is 1.57. The summed E-state index contributed by atoms with van der Waals surface area (Å²) in [5.74, 6) is 0.0854. The normalized spacial score (nSPS) is 15.0. The maximum Gasteiger partial charge on any atom is 0.229 e. The van der Waals surface area contributed by atoms with E-state index in [1.807, 2.05) is 18.3 Å². The Morgan fingerprint density at radius 2 is 1.75 bits per heavy atom. The molecule has 1 aliphatic heterocycles. The van der Waals surface area contributed by atoms with Crippen molar-refractivity contribution in [2.45, 2.75) is 32.1 Å². The number of carbonyl (C=O) groups is 1. The van der Waals surface area contributed by atoms with Gasteiger partial charge < -0.3 is 10.2 Å². The van der Waals surface area contributed by atoms with Crippen molar-refractivity contribution in [2.24, 2.45) is 0 Å². The molecule has 1 amide bonds. The number of aromatic nitrogens is 1. The molecular formula is C19H22FN3O. The molecule has 1 aromatic heterocycles. The molecule has 24 heavy (non-hydrogen) atoms. The highest BCUT2D eigenvalue weighted by Gasteiger charge is 2.11. The summed E-state index contributed by atoms with van der Waals surface area (Å²) in [5, 5.41) is 2.79. The van der Waals surface area contributed by atoms with Crippen molar-refractivity contribution < 1.29 is 9.18 Å². The van der Waals surface area contributed by atoms with E-state index in [1.54, 1.807) is 12.1 Å². The van der Waals surface area contributed by atoms with Crippen molar-refractivity contribution in [1.82, 2.24) is 4.98 Å². The van der Waals surface area contributed by atoms with Gasteiger partial charge in [0.2, 0.25) is 5.91 Å². The number of rotatable bonds is 4. The fraction of sp³-hybridized carbons (Fsp3) is 0.368. The fourth-order valence-electron chi connectivity index (χ4n) is 2.95. The molecule has 2 aromatic rings. The molecule has 0 radical (unpaired) electrons. The van der Waals surface area contributed by atoms with Crippen LogP contribution in [0.25, 0.3) is 0 Å². The lowest BCUT2D eigenvalue weighted by Crippen LogP contribution is -2.24. The van der Waals surface area contributed by atoms with Gasteiger partial charge in [0.15, 0.2) is 0 Å². The Morgan fingerprint density at radius 1 is 1.04 bits per heavy atom. The molecule has 0 unspecified atom stereocenters. The zero-order valence-corrected chi connectivity index (χ0v) is 13.7. The van der Waals surface area contributed by atoms with Gasteiger partial charge in [-0.2, -0.15) is 0 Å². The fourth-order valence-corrected chi connectivity index (χ4v) is 2.95. The van der Waals surface area contributed by atoms with Crippen molar-refractivity contribution in [1.29, 1.82) is 0 Å². The summed E-state index contributed by atoms with van der Waals surface area (Å²) < 4.78 is 12.9. The number of carbonyl (C=O) groups excluding carboxylic acids is 1. The standard InChI is InChI=1S/C19H22FN3O/c20-16-7-5-15(6-8-16)13-19(24)22-18-10-9-17(14-21-18)23-11-3-1-2-4-12-23/h5-10,14H,1-4,11-13H2,(H,21,22,24). The van der Waals surface area contributed by atoms with E-state index in [1.165, 1.54) is 37.8 Å². The Labute approximate surface area is 141 Å². The largest absolute Gasteiger partial charge is 0.370 e. The summed E-state index contributed by atoms with van der Waals surface area (Å²) in [5.41, 5.74) is 1.88. The zero-order valence-electron chi connectivity index (χ0n) is 13.7. The minimum atomic E-state index is -0.301. The molecule has 1 saturated heterocycles. The molecule has 0 aliphatic carbocycles. The molecule has 1 N–H and O–H groups in total. The van der Waals surface area contributed by atoms with Crippen molar-refractivity contribution in [3.8, 4) is 0 Å². The van der Waals surface area contributed by atoms with Crippen LogP contribution in [0.15, 0.2) is 42.6 Å². The highest BCUT2D eigenvalue weighted by Crippen LogP contribution is 2.19. The third-order valence-electron chi connectivity index (χ3n) is 4.26. The minimum absolute atomic E-state index is 0.156. The van der Waals surface area contributed by atoms with E-state index in [9.17, 15) is 9.18 Å². The first kappa shape index (κ1) is 16.4. The molecule has 0 saturated carbocycles. The van der Waals surface area contributed by atoms with E-state index in [2.05, 4.69) is 15.2 Å². The molecule has 4 nitrogen and oxygen atoms in total. The maximum absolute atomic E-state index is 12.9. The number of nitrogens with zero attached hydrogens (tertiary/aromatic N) is 2. The summed E-state index contributed by atoms with van der Waals surface area (Å²) in [6.45, 7) is 2.13. The average molecular weight is 327 g/mol. The molecule has 0 bridgehead atoms. The van der Waals surface area contributed by atoms with Gasteiger partial charge in [0.1, 0.15) is 11.6 Å². The second kappa shape index (κ2) is 7.90. The van der Waals surface area contributed by atoms with Crippen molar-refractivity contribution >= 4 is 17.4 Å². The van der Waals surface area contributed by atoms with E-state index < -0.39 is 0 Å². The van der Waals surface area contributed by atoms with E-state index in [-0.39, 0.29) is 18.1 Å². The molecule has 126 valence electrons. The van der Waals surface area contributed by atoms with Crippen LogP contribution >= 0.6 is 0 Å². The van der Waals surface area contributed by atoms with Crippen LogP contribution in [0.3, 0.4) is 0 Å². The molecule has 0 atom stereocenters. The van der Waals surface area contributed by atoms with Crippen LogP contribution in [0.2, 0.25) is 0 Å². The number of nitrogens with one attached hydrogen (secondary N) is 1. The van der Waals surface area contributed by atoms with Crippen LogP contribution in [0.1, 0.15) is 31.2 Å². The molecule has 2 heterocycles. The molecule has 5 heteroatoms. The van der Waals surface area contributed by atoms with Crippen LogP contribution in [-0.2, 0) is 11.2 Å². The highest BCUT2D eigenvalue weighted by atomic mass is 19.1. The van der Waals surface area contributed by atoms with Gasteiger partial charge in [0, 0.05) is 13.1 Å².